The van der Waals surface area contributed by atoms with Gasteiger partial charge in [0.05, 0.1) is 18.2 Å². The van der Waals surface area contributed by atoms with Gasteiger partial charge in [0.25, 0.3) is 0 Å². The van der Waals surface area contributed by atoms with E-state index in [2.05, 4.69) is 6.07 Å². The van der Waals surface area contributed by atoms with Gasteiger partial charge in [0.2, 0.25) is 0 Å². The minimum absolute atomic E-state index is 0.0975. The lowest BCUT2D eigenvalue weighted by atomic mass is 10.1. The molecule has 2 rings (SSSR count). The first-order chi connectivity index (χ1) is 8.54. The Bertz CT molecular complexity index is 498. The minimum Gasteiger partial charge on any atom is -0.461 e. The lowest BCUT2D eigenvalue weighted by molar-refractivity contribution is 0.0419. The molecule has 0 aromatic heterocycles. The maximum absolute atomic E-state index is 13.1. The van der Waals surface area contributed by atoms with Gasteiger partial charge < -0.3 is 10.5 Å². The Balaban J connectivity index is 1.98. The number of carbonyl (C=O) groups excluding carboxylic acids is 1. The maximum Gasteiger partial charge on any atom is 0.338 e. The van der Waals surface area contributed by atoms with E-state index in [1.165, 1.54) is 6.07 Å². The van der Waals surface area contributed by atoms with E-state index >= 15 is 0 Å². The molecule has 2 N–H and O–H groups in total. The zero-order chi connectivity index (χ0) is 13.2. The summed E-state index contributed by atoms with van der Waals surface area (Å²) in [5.74, 6) is -1.18. The molecule has 4 nitrogen and oxygen atoms in total. The van der Waals surface area contributed by atoms with Crippen molar-refractivity contribution in [3.8, 4) is 6.07 Å². The van der Waals surface area contributed by atoms with Crippen LogP contribution in [0.15, 0.2) is 18.2 Å². The van der Waals surface area contributed by atoms with Crippen LogP contribution in [0.3, 0.4) is 0 Å². The molecular formula is C13H13FN2O2. The van der Waals surface area contributed by atoms with Crippen molar-refractivity contribution < 1.29 is 13.9 Å². The molecule has 94 valence electrons. The molecule has 0 amide bonds. The number of nitrogens with two attached hydrogens (primary N) is 1. The van der Waals surface area contributed by atoms with E-state index in [0.717, 1.165) is 25.0 Å². The van der Waals surface area contributed by atoms with E-state index in [1.807, 2.05) is 0 Å². The summed E-state index contributed by atoms with van der Waals surface area (Å²) < 4.78 is 18.2. The van der Waals surface area contributed by atoms with Crippen LogP contribution < -0.4 is 5.73 Å². The summed E-state index contributed by atoms with van der Waals surface area (Å²) >= 11 is 0. The number of anilines is 1. The minimum atomic E-state index is -0.606. The standard InChI is InChI=1S/C13H13FN2O2/c14-10-5-9(6-11(16)7-10)12(17)18-8-13(1-2-13)3-4-15/h5-7H,1-3,8,16H2. The third-order valence-corrected chi connectivity index (χ3v) is 3.08. The molecule has 1 aliphatic carbocycles. The number of benzene rings is 1. The third-order valence-electron chi connectivity index (χ3n) is 3.08. The average Bonchev–Trinajstić information content (AvgIpc) is 3.06. The molecule has 1 saturated carbocycles. The number of esters is 1. The number of hydrogen-bond acceptors (Lipinski definition) is 4. The number of carbonyl (C=O) groups is 1. The van der Waals surface area contributed by atoms with Gasteiger partial charge >= 0.3 is 5.97 Å². The van der Waals surface area contributed by atoms with Crippen LogP contribution in [0.2, 0.25) is 0 Å². The smallest absolute Gasteiger partial charge is 0.338 e. The Morgan fingerprint density at radius 1 is 1.50 bits per heavy atom. The summed E-state index contributed by atoms with van der Waals surface area (Å²) in [6.07, 6.45) is 2.16. The molecule has 1 aromatic rings. The highest BCUT2D eigenvalue weighted by Crippen LogP contribution is 2.48. The normalized spacial score (nSPS) is 15.8. The molecule has 5 heteroatoms. The average molecular weight is 248 g/mol. The highest BCUT2D eigenvalue weighted by molar-refractivity contribution is 5.90. The lowest BCUT2D eigenvalue weighted by Gasteiger charge is -2.11. The first-order valence-corrected chi connectivity index (χ1v) is 5.65. The molecule has 0 radical (unpaired) electrons. The first-order valence-electron chi connectivity index (χ1n) is 5.65. The van der Waals surface area contributed by atoms with E-state index in [0.29, 0.717) is 6.42 Å². The van der Waals surface area contributed by atoms with Crippen LogP contribution in [0.4, 0.5) is 10.1 Å². The lowest BCUT2D eigenvalue weighted by Crippen LogP contribution is -2.15. The van der Waals surface area contributed by atoms with Gasteiger partial charge in [-0.05, 0) is 31.0 Å². The Morgan fingerprint density at radius 2 is 2.22 bits per heavy atom. The van der Waals surface area contributed by atoms with Gasteiger partial charge in [-0.3, -0.25) is 0 Å². The van der Waals surface area contributed by atoms with Crippen molar-refractivity contribution in [2.75, 3.05) is 12.3 Å². The quantitative estimate of drug-likeness (QED) is 0.655. The number of ether oxygens (including phenoxy) is 1. The summed E-state index contributed by atoms with van der Waals surface area (Å²) in [6.45, 7) is 0.204. The second-order valence-electron chi connectivity index (χ2n) is 4.68. The van der Waals surface area contributed by atoms with E-state index in [9.17, 15) is 9.18 Å². The molecule has 1 aromatic carbocycles. The topological polar surface area (TPSA) is 76.1 Å². The summed E-state index contributed by atoms with van der Waals surface area (Å²) in [6, 6.07) is 5.67. The first kappa shape index (κ1) is 12.4. The molecule has 0 saturated heterocycles. The van der Waals surface area contributed by atoms with E-state index in [4.69, 9.17) is 15.7 Å². The van der Waals surface area contributed by atoms with Crippen LogP contribution in [-0.2, 0) is 4.74 Å². The highest BCUT2D eigenvalue weighted by Gasteiger charge is 2.43. The van der Waals surface area contributed by atoms with Crippen molar-refractivity contribution in [2.45, 2.75) is 19.3 Å². The van der Waals surface area contributed by atoms with Gasteiger partial charge in [-0.2, -0.15) is 5.26 Å². The van der Waals surface area contributed by atoms with E-state index in [1.54, 1.807) is 0 Å². The predicted molar refractivity (Wildman–Crippen MR) is 63.0 cm³/mol. The second kappa shape index (κ2) is 4.65. The zero-order valence-electron chi connectivity index (χ0n) is 9.78. The number of halogens is 1. The monoisotopic (exact) mass is 248 g/mol. The summed E-state index contributed by atoms with van der Waals surface area (Å²) in [5.41, 5.74) is 5.55. The maximum atomic E-state index is 13.1. The van der Waals surface area contributed by atoms with Crippen molar-refractivity contribution in [1.29, 1.82) is 5.26 Å². The molecule has 1 fully saturated rings. The number of nitrogen functional groups attached to an aromatic ring is 1. The fraction of sp³-hybridized carbons (Fsp3) is 0.385. The zero-order valence-corrected chi connectivity index (χ0v) is 9.78. The summed E-state index contributed by atoms with van der Waals surface area (Å²) in [5, 5.41) is 8.64. The molecule has 0 bridgehead atoms. The van der Waals surface area contributed by atoms with Crippen molar-refractivity contribution >= 4 is 11.7 Å². The number of nitriles is 1. The summed E-state index contributed by atoms with van der Waals surface area (Å²) in [7, 11) is 0. The summed E-state index contributed by atoms with van der Waals surface area (Å²) in [4.78, 5) is 11.7. The predicted octanol–water partition coefficient (Wildman–Crippen LogP) is 2.26. The molecule has 0 atom stereocenters. The largest absolute Gasteiger partial charge is 0.461 e. The number of rotatable bonds is 4. The fourth-order valence-electron chi connectivity index (χ4n) is 1.75. The van der Waals surface area contributed by atoms with Gasteiger partial charge in [0.15, 0.2) is 0 Å². The van der Waals surface area contributed by atoms with Crippen molar-refractivity contribution in [3.63, 3.8) is 0 Å². The van der Waals surface area contributed by atoms with Gasteiger partial charge in [0, 0.05) is 17.5 Å². The molecule has 0 spiro atoms. The Hall–Kier alpha value is -2.09. The van der Waals surface area contributed by atoms with Crippen molar-refractivity contribution in [2.24, 2.45) is 5.41 Å². The van der Waals surface area contributed by atoms with E-state index in [-0.39, 0.29) is 23.3 Å². The Morgan fingerprint density at radius 3 is 2.78 bits per heavy atom. The molecule has 18 heavy (non-hydrogen) atoms. The van der Waals surface area contributed by atoms with Gasteiger partial charge in [-0.15, -0.1) is 0 Å². The highest BCUT2D eigenvalue weighted by atomic mass is 19.1. The van der Waals surface area contributed by atoms with Crippen LogP contribution in [-0.4, -0.2) is 12.6 Å². The van der Waals surface area contributed by atoms with Gasteiger partial charge in [-0.1, -0.05) is 0 Å². The number of nitrogens with zero attached hydrogens (tertiary/aromatic N) is 1. The Labute approximate surface area is 104 Å². The molecule has 0 heterocycles. The van der Waals surface area contributed by atoms with E-state index < -0.39 is 11.8 Å². The molecular weight excluding hydrogens is 235 g/mol. The van der Waals surface area contributed by atoms with Crippen molar-refractivity contribution in [1.82, 2.24) is 0 Å². The molecule has 0 aliphatic heterocycles. The second-order valence-corrected chi connectivity index (χ2v) is 4.68. The number of hydrogen-bond donors (Lipinski definition) is 1. The van der Waals surface area contributed by atoms with Gasteiger partial charge in [-0.25, -0.2) is 9.18 Å². The van der Waals surface area contributed by atoms with Crippen LogP contribution >= 0.6 is 0 Å². The molecule has 1 aliphatic rings. The van der Waals surface area contributed by atoms with Crippen molar-refractivity contribution in [3.05, 3.63) is 29.6 Å². The van der Waals surface area contributed by atoms with Crippen LogP contribution in [0.1, 0.15) is 29.6 Å². The third kappa shape index (κ3) is 2.77. The van der Waals surface area contributed by atoms with Crippen LogP contribution in [0, 0.1) is 22.6 Å². The van der Waals surface area contributed by atoms with Gasteiger partial charge in [0.1, 0.15) is 5.82 Å². The SMILES string of the molecule is N#CCC1(COC(=O)c2cc(N)cc(F)c2)CC1. The molecule has 0 unspecified atom stereocenters. The fourth-order valence-corrected chi connectivity index (χ4v) is 1.75. The van der Waals surface area contributed by atoms with Crippen LogP contribution in [0.5, 0.6) is 0 Å². The Kier molecular flexibility index (Phi) is 3.19. The van der Waals surface area contributed by atoms with Crippen LogP contribution in [0.25, 0.3) is 0 Å².